The largest absolute Gasteiger partial charge is 0.313 e. The summed E-state index contributed by atoms with van der Waals surface area (Å²) in [5, 5.41) is 3.61. The van der Waals surface area contributed by atoms with Gasteiger partial charge in [-0.2, -0.15) is 0 Å². The average Bonchev–Trinajstić information content (AvgIpc) is 2.40. The topological polar surface area (TPSA) is 12.0 Å². The number of hydrogen-bond donors (Lipinski definition) is 1. The van der Waals surface area contributed by atoms with Gasteiger partial charge in [0.15, 0.2) is 0 Å². The van der Waals surface area contributed by atoms with Crippen molar-refractivity contribution in [2.24, 2.45) is 17.3 Å². The molecule has 1 N–H and O–H groups in total. The first-order chi connectivity index (χ1) is 5.09. The van der Waals surface area contributed by atoms with E-state index in [0.717, 1.165) is 17.9 Å². The standard InChI is InChI=1S/C10H19N/c1-10(2,3)9-7-4-5-8(9)11-6-7/h7-9,11H,4-6H2,1-3H3. The van der Waals surface area contributed by atoms with Gasteiger partial charge in [-0.1, -0.05) is 20.8 Å². The number of hydrogen-bond acceptors (Lipinski definition) is 1. The molecule has 2 fully saturated rings. The Morgan fingerprint density at radius 3 is 2.09 bits per heavy atom. The summed E-state index contributed by atoms with van der Waals surface area (Å²) >= 11 is 0. The number of piperidine rings is 1. The molecule has 0 radical (unpaired) electrons. The van der Waals surface area contributed by atoms with Gasteiger partial charge in [-0.15, -0.1) is 0 Å². The first kappa shape index (κ1) is 7.60. The second kappa shape index (κ2) is 2.22. The Hall–Kier alpha value is -0.0400. The molecule has 1 saturated carbocycles. The third-order valence-electron chi connectivity index (χ3n) is 3.43. The van der Waals surface area contributed by atoms with Crippen LogP contribution >= 0.6 is 0 Å². The molecule has 11 heavy (non-hydrogen) atoms. The van der Waals surface area contributed by atoms with E-state index in [4.69, 9.17) is 0 Å². The first-order valence-corrected chi connectivity index (χ1v) is 4.82. The summed E-state index contributed by atoms with van der Waals surface area (Å²) in [5.74, 6) is 1.93. The van der Waals surface area contributed by atoms with Crippen LogP contribution < -0.4 is 5.32 Å². The van der Waals surface area contributed by atoms with Crippen LogP contribution in [-0.2, 0) is 0 Å². The molecule has 2 aliphatic rings. The van der Waals surface area contributed by atoms with Crippen LogP contribution in [-0.4, -0.2) is 12.6 Å². The van der Waals surface area contributed by atoms with Crippen LogP contribution in [0.4, 0.5) is 0 Å². The molecule has 0 aromatic carbocycles. The monoisotopic (exact) mass is 153 g/mol. The van der Waals surface area contributed by atoms with E-state index in [0.29, 0.717) is 5.41 Å². The van der Waals surface area contributed by atoms with E-state index in [2.05, 4.69) is 26.1 Å². The molecule has 1 aliphatic carbocycles. The van der Waals surface area contributed by atoms with Crippen molar-refractivity contribution in [2.45, 2.75) is 39.7 Å². The van der Waals surface area contributed by atoms with Crippen LogP contribution in [0, 0.1) is 17.3 Å². The molecule has 64 valence electrons. The van der Waals surface area contributed by atoms with Crippen molar-refractivity contribution < 1.29 is 0 Å². The van der Waals surface area contributed by atoms with Gasteiger partial charge in [0.05, 0.1) is 0 Å². The van der Waals surface area contributed by atoms with Crippen LogP contribution in [0.1, 0.15) is 33.6 Å². The zero-order valence-electron chi connectivity index (χ0n) is 7.85. The summed E-state index contributed by atoms with van der Waals surface area (Å²) in [4.78, 5) is 0. The molecule has 2 bridgehead atoms. The lowest BCUT2D eigenvalue weighted by molar-refractivity contribution is 0.207. The van der Waals surface area contributed by atoms with Crippen LogP contribution in [0.25, 0.3) is 0 Å². The van der Waals surface area contributed by atoms with Gasteiger partial charge in [-0.3, -0.25) is 0 Å². The molecular formula is C10H19N. The molecular weight excluding hydrogens is 134 g/mol. The van der Waals surface area contributed by atoms with Crippen molar-refractivity contribution in [3.63, 3.8) is 0 Å². The molecule has 3 atom stereocenters. The fraction of sp³-hybridized carbons (Fsp3) is 1.00. The second-order valence-corrected chi connectivity index (χ2v) is 5.24. The number of nitrogens with one attached hydrogen (secondary N) is 1. The number of rotatable bonds is 0. The van der Waals surface area contributed by atoms with E-state index in [9.17, 15) is 0 Å². The minimum absolute atomic E-state index is 0.523. The molecule has 1 nitrogen and oxygen atoms in total. The quantitative estimate of drug-likeness (QED) is 0.561. The van der Waals surface area contributed by atoms with Crippen molar-refractivity contribution in [2.75, 3.05) is 6.54 Å². The van der Waals surface area contributed by atoms with E-state index in [1.54, 1.807) is 0 Å². The fourth-order valence-corrected chi connectivity index (χ4v) is 3.15. The molecule has 0 aromatic heterocycles. The Kier molecular flexibility index (Phi) is 1.54. The summed E-state index contributed by atoms with van der Waals surface area (Å²) < 4.78 is 0. The third kappa shape index (κ3) is 1.10. The molecule has 0 aromatic rings. The smallest absolute Gasteiger partial charge is 0.0104 e. The predicted octanol–water partition coefficient (Wildman–Crippen LogP) is 2.03. The second-order valence-electron chi connectivity index (χ2n) is 5.24. The van der Waals surface area contributed by atoms with Crippen LogP contribution in [0.3, 0.4) is 0 Å². The zero-order chi connectivity index (χ0) is 8.06. The van der Waals surface area contributed by atoms with Gasteiger partial charge in [0, 0.05) is 6.04 Å². The van der Waals surface area contributed by atoms with Crippen molar-refractivity contribution in [3.8, 4) is 0 Å². The third-order valence-corrected chi connectivity index (χ3v) is 3.43. The molecule has 2 rings (SSSR count). The first-order valence-electron chi connectivity index (χ1n) is 4.82. The van der Waals surface area contributed by atoms with Gasteiger partial charge in [0.25, 0.3) is 0 Å². The van der Waals surface area contributed by atoms with E-state index < -0.39 is 0 Å². The van der Waals surface area contributed by atoms with Gasteiger partial charge < -0.3 is 5.32 Å². The van der Waals surface area contributed by atoms with Crippen molar-refractivity contribution in [1.29, 1.82) is 0 Å². The Bertz CT molecular complexity index is 137. The van der Waals surface area contributed by atoms with Crippen molar-refractivity contribution in [3.05, 3.63) is 0 Å². The van der Waals surface area contributed by atoms with Crippen molar-refractivity contribution in [1.82, 2.24) is 5.32 Å². The molecule has 1 heteroatoms. The van der Waals surface area contributed by atoms with E-state index >= 15 is 0 Å². The minimum atomic E-state index is 0.523. The maximum atomic E-state index is 3.61. The lowest BCUT2D eigenvalue weighted by Crippen LogP contribution is -2.31. The Balaban J connectivity index is 2.16. The fourth-order valence-electron chi connectivity index (χ4n) is 3.15. The normalized spacial score (nSPS) is 43.4. The Morgan fingerprint density at radius 2 is 1.91 bits per heavy atom. The highest BCUT2D eigenvalue weighted by atomic mass is 15.0. The van der Waals surface area contributed by atoms with Gasteiger partial charge in [-0.05, 0) is 36.6 Å². The maximum Gasteiger partial charge on any atom is 0.0104 e. The molecule has 0 amide bonds. The molecule has 1 aliphatic heterocycles. The zero-order valence-corrected chi connectivity index (χ0v) is 7.85. The van der Waals surface area contributed by atoms with E-state index in [1.807, 2.05) is 0 Å². The lowest BCUT2D eigenvalue weighted by Gasteiger charge is -2.30. The van der Waals surface area contributed by atoms with Crippen molar-refractivity contribution >= 4 is 0 Å². The van der Waals surface area contributed by atoms with Crippen LogP contribution in [0.2, 0.25) is 0 Å². The highest BCUT2D eigenvalue weighted by Crippen LogP contribution is 2.46. The van der Waals surface area contributed by atoms with Gasteiger partial charge >= 0.3 is 0 Å². The van der Waals surface area contributed by atoms with E-state index in [-0.39, 0.29) is 0 Å². The SMILES string of the molecule is CC(C)(C)C1C2CCC1NC2. The molecule has 0 spiro atoms. The summed E-state index contributed by atoms with van der Waals surface area (Å²) in [6.07, 6.45) is 2.90. The average molecular weight is 153 g/mol. The van der Waals surface area contributed by atoms with Crippen LogP contribution in [0.5, 0.6) is 0 Å². The predicted molar refractivity (Wildman–Crippen MR) is 47.5 cm³/mol. The van der Waals surface area contributed by atoms with Gasteiger partial charge in [0.1, 0.15) is 0 Å². The summed E-state index contributed by atoms with van der Waals surface area (Å²) in [7, 11) is 0. The number of fused-ring (bicyclic) bond motifs is 2. The lowest BCUT2D eigenvalue weighted by atomic mass is 9.75. The highest BCUT2D eigenvalue weighted by Gasteiger charge is 2.46. The van der Waals surface area contributed by atoms with Gasteiger partial charge in [0.2, 0.25) is 0 Å². The molecule has 3 unspecified atom stereocenters. The molecule has 1 saturated heterocycles. The molecule has 1 heterocycles. The van der Waals surface area contributed by atoms with E-state index in [1.165, 1.54) is 19.4 Å². The minimum Gasteiger partial charge on any atom is -0.313 e. The summed E-state index contributed by atoms with van der Waals surface area (Å²) in [6, 6.07) is 0.847. The highest BCUT2D eigenvalue weighted by molar-refractivity contribution is 5.01. The Labute approximate surface area is 69.6 Å². The van der Waals surface area contributed by atoms with Crippen LogP contribution in [0.15, 0.2) is 0 Å². The van der Waals surface area contributed by atoms with Gasteiger partial charge in [-0.25, -0.2) is 0 Å². The Morgan fingerprint density at radius 1 is 1.18 bits per heavy atom. The summed E-state index contributed by atoms with van der Waals surface area (Å²) in [6.45, 7) is 8.44. The maximum absolute atomic E-state index is 3.61. The summed E-state index contributed by atoms with van der Waals surface area (Å²) in [5.41, 5.74) is 0.523.